The molecule has 1 aromatic rings. The summed E-state index contributed by atoms with van der Waals surface area (Å²) in [6.45, 7) is 2.07. The summed E-state index contributed by atoms with van der Waals surface area (Å²) in [6, 6.07) is 10.1. The molecule has 2 atom stereocenters. The first-order valence-electron chi connectivity index (χ1n) is 7.21. The molecule has 1 aliphatic rings. The van der Waals surface area contributed by atoms with Gasteiger partial charge in [0.15, 0.2) is 0 Å². The molecule has 3 nitrogen and oxygen atoms in total. The van der Waals surface area contributed by atoms with Crippen LogP contribution in [0.1, 0.15) is 31.7 Å². The number of nitrogens with two attached hydrogens (primary N) is 1. The molecule has 0 heterocycles. The monoisotopic (exact) mass is 290 g/mol. The summed E-state index contributed by atoms with van der Waals surface area (Å²) in [4.78, 5) is 12.6. The van der Waals surface area contributed by atoms with Crippen molar-refractivity contribution in [2.45, 2.75) is 38.6 Å². The molecule has 1 aliphatic carbocycles. The molecule has 1 amide bonds. The smallest absolute Gasteiger partial charge is 0.230 e. The Morgan fingerprint density at radius 2 is 2.05 bits per heavy atom. The molecule has 108 valence electrons. The lowest BCUT2D eigenvalue weighted by atomic mass is 9.80. The molecule has 0 bridgehead atoms. The average Bonchev–Trinajstić information content (AvgIpc) is 2.34. The highest BCUT2D eigenvalue weighted by molar-refractivity contribution is 7.80. The van der Waals surface area contributed by atoms with Gasteiger partial charge in [-0.1, -0.05) is 49.0 Å². The Kier molecular flexibility index (Phi) is 5.12. The van der Waals surface area contributed by atoms with E-state index in [2.05, 4.69) is 12.2 Å². The summed E-state index contributed by atoms with van der Waals surface area (Å²) in [5, 5.41) is 3.08. The van der Waals surface area contributed by atoms with Gasteiger partial charge >= 0.3 is 0 Å². The van der Waals surface area contributed by atoms with Crippen molar-refractivity contribution in [2.24, 2.45) is 17.6 Å². The van der Waals surface area contributed by atoms with Crippen LogP contribution in [0, 0.1) is 11.8 Å². The lowest BCUT2D eigenvalue weighted by Gasteiger charge is -2.32. The molecular formula is C16H22N2OS. The Balaban J connectivity index is 1.96. The second-order valence-corrected chi connectivity index (χ2v) is 6.10. The van der Waals surface area contributed by atoms with Gasteiger partial charge < -0.3 is 11.1 Å². The SMILES string of the molecule is CC(NC(=O)C(Cc1ccccc1)C(N)=S)C1CCC1. The zero-order chi connectivity index (χ0) is 14.5. The standard InChI is InChI=1S/C16H22N2OS/c1-11(13-8-5-9-13)18-16(19)14(15(17)20)10-12-6-3-2-4-7-12/h2-4,6-7,11,13-14H,5,8-10H2,1H3,(H2,17,20)(H,18,19). The summed E-state index contributed by atoms with van der Waals surface area (Å²) in [6.07, 6.45) is 4.25. The van der Waals surface area contributed by atoms with Crippen LogP contribution in [0.4, 0.5) is 0 Å². The Morgan fingerprint density at radius 1 is 1.40 bits per heavy atom. The maximum atomic E-state index is 12.4. The van der Waals surface area contributed by atoms with E-state index in [1.807, 2.05) is 30.3 Å². The van der Waals surface area contributed by atoms with E-state index in [4.69, 9.17) is 18.0 Å². The lowest BCUT2D eigenvalue weighted by molar-refractivity contribution is -0.124. The first-order valence-corrected chi connectivity index (χ1v) is 7.62. The molecule has 0 radical (unpaired) electrons. The molecule has 2 unspecified atom stereocenters. The Labute approximate surface area is 125 Å². The van der Waals surface area contributed by atoms with Crippen molar-refractivity contribution in [1.29, 1.82) is 0 Å². The van der Waals surface area contributed by atoms with Crippen LogP contribution in [0.3, 0.4) is 0 Å². The van der Waals surface area contributed by atoms with Crippen LogP contribution in [-0.2, 0) is 11.2 Å². The number of carbonyl (C=O) groups excluding carboxylic acids is 1. The van der Waals surface area contributed by atoms with Gasteiger partial charge in [0.25, 0.3) is 0 Å². The minimum absolute atomic E-state index is 0.0410. The highest BCUT2D eigenvalue weighted by atomic mass is 32.1. The molecule has 0 saturated heterocycles. The quantitative estimate of drug-likeness (QED) is 0.791. The van der Waals surface area contributed by atoms with Gasteiger partial charge in [0.1, 0.15) is 0 Å². The van der Waals surface area contributed by atoms with Crippen molar-refractivity contribution in [3.05, 3.63) is 35.9 Å². The molecule has 0 aliphatic heterocycles. The van der Waals surface area contributed by atoms with Gasteiger partial charge in [-0.25, -0.2) is 0 Å². The molecular weight excluding hydrogens is 268 g/mol. The topological polar surface area (TPSA) is 55.1 Å². The second kappa shape index (κ2) is 6.84. The van der Waals surface area contributed by atoms with E-state index < -0.39 is 5.92 Å². The molecule has 0 aromatic heterocycles. The molecule has 3 N–H and O–H groups in total. The lowest BCUT2D eigenvalue weighted by Crippen LogP contribution is -2.46. The highest BCUT2D eigenvalue weighted by Crippen LogP contribution is 2.29. The summed E-state index contributed by atoms with van der Waals surface area (Å²) in [5.41, 5.74) is 6.83. The van der Waals surface area contributed by atoms with E-state index in [1.54, 1.807) is 0 Å². The zero-order valence-electron chi connectivity index (χ0n) is 11.8. The Morgan fingerprint density at radius 3 is 2.55 bits per heavy atom. The average molecular weight is 290 g/mol. The summed E-state index contributed by atoms with van der Waals surface area (Å²) < 4.78 is 0. The van der Waals surface area contributed by atoms with Gasteiger partial charge in [-0.15, -0.1) is 0 Å². The molecule has 4 heteroatoms. The second-order valence-electron chi connectivity index (χ2n) is 5.63. The van der Waals surface area contributed by atoms with Crippen LogP contribution in [-0.4, -0.2) is 16.9 Å². The summed E-state index contributed by atoms with van der Waals surface area (Å²) in [5.74, 6) is 0.151. The molecule has 1 aromatic carbocycles. The van der Waals surface area contributed by atoms with Crippen LogP contribution in [0.5, 0.6) is 0 Å². The number of benzene rings is 1. The Bertz CT molecular complexity index is 471. The minimum atomic E-state index is -0.421. The van der Waals surface area contributed by atoms with Crippen molar-refractivity contribution >= 4 is 23.1 Å². The minimum Gasteiger partial charge on any atom is -0.393 e. The number of nitrogens with one attached hydrogen (secondary N) is 1. The van der Waals surface area contributed by atoms with E-state index in [9.17, 15) is 4.79 Å². The van der Waals surface area contributed by atoms with Crippen LogP contribution in [0.2, 0.25) is 0 Å². The Hall–Kier alpha value is -1.42. The van der Waals surface area contributed by atoms with E-state index in [0.29, 0.717) is 12.3 Å². The van der Waals surface area contributed by atoms with Crippen LogP contribution < -0.4 is 11.1 Å². The first-order chi connectivity index (χ1) is 9.58. The largest absolute Gasteiger partial charge is 0.393 e. The van der Waals surface area contributed by atoms with Gasteiger partial charge in [-0.3, -0.25) is 4.79 Å². The predicted molar refractivity (Wildman–Crippen MR) is 85.4 cm³/mol. The fourth-order valence-corrected chi connectivity index (χ4v) is 2.75. The number of hydrogen-bond acceptors (Lipinski definition) is 2. The first kappa shape index (κ1) is 15.0. The van der Waals surface area contributed by atoms with Crippen molar-refractivity contribution in [2.75, 3.05) is 0 Å². The zero-order valence-corrected chi connectivity index (χ0v) is 12.7. The number of carbonyl (C=O) groups is 1. The molecule has 0 spiro atoms. The number of rotatable bonds is 6. The van der Waals surface area contributed by atoms with Gasteiger partial charge in [-0.05, 0) is 37.7 Å². The molecule has 1 saturated carbocycles. The van der Waals surface area contributed by atoms with Crippen molar-refractivity contribution in [1.82, 2.24) is 5.32 Å². The van der Waals surface area contributed by atoms with Crippen LogP contribution in [0.15, 0.2) is 30.3 Å². The number of thiocarbonyl (C=S) groups is 1. The molecule has 2 rings (SSSR count). The van der Waals surface area contributed by atoms with E-state index in [0.717, 1.165) is 5.56 Å². The predicted octanol–water partition coefficient (Wildman–Crippen LogP) is 2.44. The maximum absolute atomic E-state index is 12.4. The molecule has 20 heavy (non-hydrogen) atoms. The van der Waals surface area contributed by atoms with Crippen molar-refractivity contribution < 1.29 is 4.79 Å². The molecule has 1 fully saturated rings. The van der Waals surface area contributed by atoms with Gasteiger partial charge in [0.2, 0.25) is 5.91 Å². The normalized spacial score (nSPS) is 17.9. The van der Waals surface area contributed by atoms with E-state index in [-0.39, 0.29) is 16.9 Å². The van der Waals surface area contributed by atoms with Crippen molar-refractivity contribution in [3.8, 4) is 0 Å². The fourth-order valence-electron chi connectivity index (χ4n) is 2.55. The van der Waals surface area contributed by atoms with Crippen molar-refractivity contribution in [3.63, 3.8) is 0 Å². The summed E-state index contributed by atoms with van der Waals surface area (Å²) in [7, 11) is 0. The third-order valence-corrected chi connectivity index (χ3v) is 4.45. The van der Waals surface area contributed by atoms with E-state index in [1.165, 1.54) is 19.3 Å². The third-order valence-electron chi connectivity index (χ3n) is 4.17. The fraction of sp³-hybridized carbons (Fsp3) is 0.500. The summed E-state index contributed by atoms with van der Waals surface area (Å²) >= 11 is 5.07. The third kappa shape index (κ3) is 3.79. The maximum Gasteiger partial charge on any atom is 0.230 e. The number of amides is 1. The van der Waals surface area contributed by atoms with Gasteiger partial charge in [0.05, 0.1) is 10.9 Å². The highest BCUT2D eigenvalue weighted by Gasteiger charge is 2.28. The van der Waals surface area contributed by atoms with E-state index >= 15 is 0 Å². The van der Waals surface area contributed by atoms with Crippen LogP contribution in [0.25, 0.3) is 0 Å². The van der Waals surface area contributed by atoms with Gasteiger partial charge in [0, 0.05) is 6.04 Å². The van der Waals surface area contributed by atoms with Gasteiger partial charge in [-0.2, -0.15) is 0 Å². The van der Waals surface area contributed by atoms with Crippen LogP contribution >= 0.6 is 12.2 Å². The number of hydrogen-bond donors (Lipinski definition) is 2.